The van der Waals surface area contributed by atoms with E-state index in [1.165, 1.54) is 22.3 Å². The predicted molar refractivity (Wildman–Crippen MR) is 110 cm³/mol. The van der Waals surface area contributed by atoms with Crippen LogP contribution >= 0.6 is 0 Å². The van der Waals surface area contributed by atoms with Crippen LogP contribution in [-0.4, -0.2) is 49.9 Å². The number of likely N-dealkylation sites (tertiary alicyclic amines) is 1. The Morgan fingerprint density at radius 2 is 1.77 bits per heavy atom. The second-order valence-corrected chi connectivity index (χ2v) is 10.7. The summed E-state index contributed by atoms with van der Waals surface area (Å²) in [6.07, 6.45) is 6.86. The zero-order valence-corrected chi connectivity index (χ0v) is 21.6. The zero-order valence-electron chi connectivity index (χ0n) is 17.6. The van der Waals surface area contributed by atoms with Crippen LogP contribution < -0.4 is 56.7 Å². The number of urea groups is 1. The summed E-state index contributed by atoms with van der Waals surface area (Å²) in [5.41, 5.74) is 5.49. The molecule has 0 aromatic heterocycles. The Morgan fingerprint density at radius 1 is 1.17 bits per heavy atom. The number of nitrogens with one attached hydrogen (secondary N) is 1. The molecule has 30 heavy (non-hydrogen) atoms. The zero-order chi connectivity index (χ0) is 20.2. The molecule has 1 aromatic carbocycles. The fourth-order valence-electron chi connectivity index (χ4n) is 4.74. The van der Waals surface area contributed by atoms with Crippen molar-refractivity contribution in [2.75, 3.05) is 25.0 Å². The van der Waals surface area contributed by atoms with Gasteiger partial charge in [-0.1, -0.05) is 6.07 Å². The van der Waals surface area contributed by atoms with E-state index >= 15 is 0 Å². The molecule has 2 aliphatic carbocycles. The van der Waals surface area contributed by atoms with Crippen LogP contribution in [0.15, 0.2) is 16.3 Å². The smallest absolute Gasteiger partial charge is 0.423 e. The largest absolute Gasteiger partial charge is 1.00 e. The number of nitrogens with zero attached hydrogens (tertiary/aromatic N) is 4. The molecule has 1 aromatic rings. The number of amides is 2. The summed E-state index contributed by atoms with van der Waals surface area (Å²) >= 11 is 0. The van der Waals surface area contributed by atoms with E-state index in [9.17, 15) is 13.2 Å². The molecule has 4 aliphatic rings. The van der Waals surface area contributed by atoms with Crippen LogP contribution in [0, 0.1) is 0 Å². The quantitative estimate of drug-likeness (QED) is 0.617. The molecular formula is C20H26KN5O3S. The number of carbonyl (C=O) groups is 1. The minimum absolute atomic E-state index is 0. The Kier molecular flexibility index (Phi) is 6.49. The van der Waals surface area contributed by atoms with Crippen LogP contribution in [0.5, 0.6) is 0 Å². The molecule has 2 amide bonds. The summed E-state index contributed by atoms with van der Waals surface area (Å²) in [7, 11) is -3.82. The molecule has 0 radical (unpaired) electrons. The molecule has 1 saturated heterocycles. The maximum Gasteiger partial charge on any atom is 1.00 e. The molecule has 0 unspecified atom stereocenters. The molecule has 1 N–H and O–H groups in total. The number of fused-ring (bicyclic) bond motifs is 2. The van der Waals surface area contributed by atoms with E-state index < -0.39 is 21.3 Å². The second kappa shape index (κ2) is 8.53. The third-order valence-electron chi connectivity index (χ3n) is 6.60. The minimum atomic E-state index is -3.82. The maximum absolute atomic E-state index is 12.5. The normalized spacial score (nSPS) is 21.4. The van der Waals surface area contributed by atoms with Crippen molar-refractivity contribution < 1.29 is 64.6 Å². The van der Waals surface area contributed by atoms with Crippen molar-refractivity contribution in [1.29, 1.82) is 0 Å². The first-order chi connectivity index (χ1) is 13.8. The Bertz CT molecular complexity index is 966. The van der Waals surface area contributed by atoms with Crippen molar-refractivity contribution in [3.63, 3.8) is 0 Å². The average Bonchev–Trinajstić information content (AvgIpc) is 3.02. The molecule has 0 bridgehead atoms. The van der Waals surface area contributed by atoms with Crippen LogP contribution in [-0.2, 0) is 35.7 Å². The topological polar surface area (TPSA) is 105 Å². The van der Waals surface area contributed by atoms with Crippen molar-refractivity contribution in [2.45, 2.75) is 62.8 Å². The first-order valence-electron chi connectivity index (χ1n) is 10.4. The Hall–Kier alpha value is -0.364. The van der Waals surface area contributed by atoms with Gasteiger partial charge < -0.3 is 14.9 Å². The molecule has 0 spiro atoms. The van der Waals surface area contributed by atoms with E-state index in [0.29, 0.717) is 13.1 Å². The number of hydrogen-bond acceptors (Lipinski definition) is 6. The van der Waals surface area contributed by atoms with Gasteiger partial charge in [0.2, 0.25) is 0 Å². The molecule has 0 saturated carbocycles. The third kappa shape index (κ3) is 4.55. The molecule has 1 fully saturated rings. The Balaban J connectivity index is 0.00000218. The first kappa shape index (κ1) is 22.8. The standard InChI is InChI=1S/C20H27N5O3S.K/c1-20(23-24-20)8-9-25-11-15(12-25)29(27,28)22-19(26)21-18-16-6-2-4-13(16)10-14-5-3-7-17(14)18;/h10,15H,2-9,11-12H2,1H3,(H2,21,22,26);/q;+1/p-1. The van der Waals surface area contributed by atoms with Crippen molar-refractivity contribution in [3.8, 4) is 0 Å². The van der Waals surface area contributed by atoms with Gasteiger partial charge in [0.25, 0.3) is 0 Å². The van der Waals surface area contributed by atoms with Gasteiger partial charge in [0.15, 0.2) is 21.7 Å². The summed E-state index contributed by atoms with van der Waals surface area (Å²) in [5, 5.41) is 10.2. The molecule has 5 rings (SSSR count). The van der Waals surface area contributed by atoms with Gasteiger partial charge in [-0.2, -0.15) is 10.2 Å². The number of aryl methyl sites for hydroxylation is 2. The average molecular weight is 456 g/mol. The molecule has 2 aliphatic heterocycles. The van der Waals surface area contributed by atoms with E-state index in [1.54, 1.807) is 0 Å². The number of carbonyl (C=O) groups excluding carboxylic acids is 1. The van der Waals surface area contributed by atoms with Gasteiger partial charge in [0, 0.05) is 26.1 Å². The molecule has 8 nitrogen and oxygen atoms in total. The number of benzene rings is 1. The van der Waals surface area contributed by atoms with Crippen LogP contribution in [0.25, 0.3) is 4.72 Å². The van der Waals surface area contributed by atoms with Gasteiger partial charge in [0.05, 0.1) is 5.25 Å². The van der Waals surface area contributed by atoms with Gasteiger partial charge in [-0.05, 0) is 73.4 Å². The molecule has 156 valence electrons. The minimum Gasteiger partial charge on any atom is -0.423 e. The van der Waals surface area contributed by atoms with Crippen LogP contribution in [0.3, 0.4) is 0 Å². The predicted octanol–water partition coefficient (Wildman–Crippen LogP) is 0.160. The van der Waals surface area contributed by atoms with Gasteiger partial charge in [0.1, 0.15) is 0 Å². The summed E-state index contributed by atoms with van der Waals surface area (Å²) in [6, 6.07) is 1.51. The van der Waals surface area contributed by atoms with E-state index in [1.807, 2.05) is 11.8 Å². The molecular weight excluding hydrogens is 429 g/mol. The van der Waals surface area contributed by atoms with Gasteiger partial charge in [-0.3, -0.25) is 4.79 Å². The third-order valence-corrected chi connectivity index (χ3v) is 8.16. The maximum atomic E-state index is 12.5. The van der Waals surface area contributed by atoms with E-state index in [2.05, 4.69) is 26.3 Å². The number of anilines is 1. The Morgan fingerprint density at radius 3 is 2.33 bits per heavy atom. The van der Waals surface area contributed by atoms with Gasteiger partial charge in [-0.25, -0.2) is 8.42 Å². The Labute approximate surface area is 220 Å². The van der Waals surface area contributed by atoms with Crippen molar-refractivity contribution in [1.82, 2.24) is 4.90 Å². The van der Waals surface area contributed by atoms with Crippen LogP contribution in [0.2, 0.25) is 0 Å². The summed E-state index contributed by atoms with van der Waals surface area (Å²) in [5.74, 6) is 0. The van der Waals surface area contributed by atoms with Crippen molar-refractivity contribution >= 4 is 21.7 Å². The summed E-state index contributed by atoms with van der Waals surface area (Å²) < 4.78 is 28.7. The molecule has 2 heterocycles. The molecule has 10 heteroatoms. The first-order valence-corrected chi connectivity index (χ1v) is 11.9. The van der Waals surface area contributed by atoms with E-state index in [0.717, 1.165) is 57.2 Å². The second-order valence-electron chi connectivity index (χ2n) is 8.82. The van der Waals surface area contributed by atoms with Crippen molar-refractivity contribution in [2.24, 2.45) is 10.2 Å². The van der Waals surface area contributed by atoms with Crippen molar-refractivity contribution in [3.05, 3.63) is 33.0 Å². The van der Waals surface area contributed by atoms with Crippen LogP contribution in [0.1, 0.15) is 48.4 Å². The van der Waals surface area contributed by atoms with E-state index in [4.69, 9.17) is 0 Å². The number of hydrogen-bond donors (Lipinski definition) is 1. The number of sulfonamides is 1. The van der Waals surface area contributed by atoms with Gasteiger partial charge in [-0.15, -0.1) is 0 Å². The SMILES string of the molecule is CC1(CCN2CC(S(=O)(=O)[N-]C(=O)Nc3c4c(cc5c3CCC5)CCC4)C2)N=N1.[K+]. The fourth-order valence-corrected chi connectivity index (χ4v) is 5.96. The van der Waals surface area contributed by atoms with Crippen LogP contribution in [0.4, 0.5) is 10.5 Å². The van der Waals surface area contributed by atoms with Gasteiger partial charge >= 0.3 is 51.4 Å². The monoisotopic (exact) mass is 455 g/mol. The summed E-state index contributed by atoms with van der Waals surface area (Å²) in [6.45, 7) is 3.53. The van der Waals surface area contributed by atoms with E-state index in [-0.39, 0.29) is 57.0 Å². The fraction of sp³-hybridized carbons (Fsp3) is 0.650. The molecule has 0 atom stereocenters. The number of rotatable bonds is 6. The summed E-state index contributed by atoms with van der Waals surface area (Å²) in [4.78, 5) is 14.6.